The Hall–Kier alpha value is -3.14. The number of benzene rings is 2. The molecule has 1 aromatic heterocycles. The number of methoxy groups -OCH3 is 1. The summed E-state index contributed by atoms with van der Waals surface area (Å²) in [6, 6.07) is 10.7. The molecule has 0 saturated carbocycles. The molecule has 190 valence electrons. The van der Waals surface area contributed by atoms with Crippen LogP contribution in [0.2, 0.25) is 5.02 Å². The van der Waals surface area contributed by atoms with Crippen LogP contribution in [0.3, 0.4) is 0 Å². The number of anilines is 4. The number of nitrogens with zero attached hydrogens (tertiary/aromatic N) is 2. The molecule has 3 N–H and O–H groups in total. The molecule has 3 aromatic rings. The van der Waals surface area contributed by atoms with E-state index in [0.717, 1.165) is 30.6 Å². The van der Waals surface area contributed by atoms with Crippen LogP contribution in [-0.2, 0) is 9.84 Å². The minimum atomic E-state index is -3.52. The second kappa shape index (κ2) is 10.9. The van der Waals surface area contributed by atoms with E-state index in [0.29, 0.717) is 17.1 Å². The van der Waals surface area contributed by atoms with Crippen LogP contribution in [0.25, 0.3) is 5.57 Å². The van der Waals surface area contributed by atoms with Crippen LogP contribution in [0.4, 0.5) is 23.1 Å². The molecular weight excluding hydrogens is 498 g/mol. The van der Waals surface area contributed by atoms with Gasteiger partial charge in [-0.15, -0.1) is 0 Å². The molecule has 0 spiro atoms. The summed E-state index contributed by atoms with van der Waals surface area (Å²) >= 11 is 6.37. The zero-order valence-electron chi connectivity index (χ0n) is 20.7. The highest BCUT2D eigenvalue weighted by molar-refractivity contribution is 7.92. The summed E-state index contributed by atoms with van der Waals surface area (Å²) in [5, 5.41) is 9.31. The number of ether oxygens (including phenoxy) is 1. The molecule has 0 bridgehead atoms. The first kappa shape index (κ1) is 25.9. The van der Waals surface area contributed by atoms with Gasteiger partial charge in [0.25, 0.3) is 0 Å². The Labute approximate surface area is 217 Å². The maximum absolute atomic E-state index is 12.8. The lowest BCUT2D eigenvalue weighted by atomic mass is 9.95. The second-order valence-corrected chi connectivity index (χ2v) is 11.7. The minimum absolute atomic E-state index is 0.185. The Kier molecular flexibility index (Phi) is 7.82. The Bertz CT molecular complexity index is 1410. The van der Waals surface area contributed by atoms with Crippen molar-refractivity contribution in [1.29, 1.82) is 0 Å². The van der Waals surface area contributed by atoms with Gasteiger partial charge in [0.05, 0.1) is 34.8 Å². The number of para-hydroxylation sites is 1. The fourth-order valence-electron chi connectivity index (χ4n) is 4.00. The van der Waals surface area contributed by atoms with Crippen LogP contribution in [0.15, 0.2) is 53.6 Å². The topological polar surface area (TPSA) is 105 Å². The van der Waals surface area contributed by atoms with E-state index in [4.69, 9.17) is 16.3 Å². The zero-order valence-corrected chi connectivity index (χ0v) is 22.3. The van der Waals surface area contributed by atoms with Crippen LogP contribution < -0.4 is 20.7 Å². The SMILES string of the molecule is COc1cc(C2=CCNCC2)c(C)cc1Nc1ncc(Cl)c(Nc2ccccc2S(=O)(=O)C(C)C)n1. The van der Waals surface area contributed by atoms with E-state index in [2.05, 4.69) is 38.9 Å². The predicted molar refractivity (Wildman–Crippen MR) is 146 cm³/mol. The molecule has 0 amide bonds. The third-order valence-electron chi connectivity index (χ3n) is 6.01. The molecule has 0 atom stereocenters. The van der Waals surface area contributed by atoms with Crippen LogP contribution in [0.1, 0.15) is 31.4 Å². The number of hydrogen-bond acceptors (Lipinski definition) is 8. The van der Waals surface area contributed by atoms with Crippen molar-refractivity contribution in [3.8, 4) is 5.75 Å². The highest BCUT2D eigenvalue weighted by Crippen LogP contribution is 2.35. The number of halogens is 1. The number of aromatic nitrogens is 2. The molecular formula is C26H30ClN5O3S. The lowest BCUT2D eigenvalue weighted by Gasteiger charge is -2.19. The molecule has 0 fully saturated rings. The minimum Gasteiger partial charge on any atom is -0.495 e. The van der Waals surface area contributed by atoms with Gasteiger partial charge in [-0.1, -0.05) is 29.8 Å². The van der Waals surface area contributed by atoms with Gasteiger partial charge in [-0.3, -0.25) is 0 Å². The van der Waals surface area contributed by atoms with Crippen molar-refractivity contribution in [3.05, 3.63) is 64.8 Å². The Morgan fingerprint density at radius 3 is 2.61 bits per heavy atom. The van der Waals surface area contributed by atoms with Crippen molar-refractivity contribution in [2.75, 3.05) is 30.8 Å². The smallest absolute Gasteiger partial charge is 0.229 e. The van der Waals surface area contributed by atoms with E-state index in [1.807, 2.05) is 12.1 Å². The fourth-order valence-corrected chi connectivity index (χ4v) is 5.34. The number of aryl methyl sites for hydroxylation is 1. The van der Waals surface area contributed by atoms with E-state index < -0.39 is 15.1 Å². The molecule has 8 nitrogen and oxygen atoms in total. The van der Waals surface area contributed by atoms with Crippen LogP contribution in [0, 0.1) is 6.92 Å². The molecule has 1 aliphatic heterocycles. The third-order valence-corrected chi connectivity index (χ3v) is 8.50. The first-order valence-corrected chi connectivity index (χ1v) is 13.6. The van der Waals surface area contributed by atoms with Crippen molar-refractivity contribution in [2.24, 2.45) is 0 Å². The first-order valence-electron chi connectivity index (χ1n) is 11.7. The van der Waals surface area contributed by atoms with Crippen LogP contribution in [-0.4, -0.2) is 43.8 Å². The number of nitrogens with one attached hydrogen (secondary N) is 3. The fraction of sp³-hybridized carbons (Fsp3) is 0.308. The molecule has 1 aliphatic rings. The molecule has 4 rings (SSSR count). The van der Waals surface area contributed by atoms with Crippen molar-refractivity contribution in [1.82, 2.24) is 15.3 Å². The van der Waals surface area contributed by atoms with E-state index in [9.17, 15) is 8.42 Å². The second-order valence-electron chi connectivity index (χ2n) is 8.78. The first-order chi connectivity index (χ1) is 17.2. The van der Waals surface area contributed by atoms with Crippen molar-refractivity contribution < 1.29 is 13.2 Å². The van der Waals surface area contributed by atoms with E-state index in [1.165, 1.54) is 11.8 Å². The third kappa shape index (κ3) is 5.48. The van der Waals surface area contributed by atoms with Gasteiger partial charge < -0.3 is 20.7 Å². The Balaban J connectivity index is 1.65. The largest absolute Gasteiger partial charge is 0.495 e. The summed E-state index contributed by atoms with van der Waals surface area (Å²) in [6.45, 7) is 7.16. The van der Waals surface area contributed by atoms with Crippen molar-refractivity contribution in [2.45, 2.75) is 37.3 Å². The average molecular weight is 528 g/mol. The molecule has 36 heavy (non-hydrogen) atoms. The maximum atomic E-state index is 12.8. The van der Waals surface area contributed by atoms with E-state index in [-0.39, 0.29) is 21.7 Å². The van der Waals surface area contributed by atoms with E-state index in [1.54, 1.807) is 45.2 Å². The van der Waals surface area contributed by atoms with Gasteiger partial charge >= 0.3 is 0 Å². The van der Waals surface area contributed by atoms with Gasteiger partial charge in [-0.25, -0.2) is 13.4 Å². The van der Waals surface area contributed by atoms with Gasteiger partial charge in [0.2, 0.25) is 5.95 Å². The molecule has 2 aromatic carbocycles. The monoisotopic (exact) mass is 527 g/mol. The van der Waals surface area contributed by atoms with Crippen LogP contribution >= 0.6 is 11.6 Å². The zero-order chi connectivity index (χ0) is 25.9. The quantitative estimate of drug-likeness (QED) is 0.353. The summed E-state index contributed by atoms with van der Waals surface area (Å²) in [7, 11) is -1.89. The average Bonchev–Trinajstić information content (AvgIpc) is 2.87. The van der Waals surface area contributed by atoms with Gasteiger partial charge in [0.1, 0.15) is 10.8 Å². The number of rotatable bonds is 8. The Morgan fingerprint density at radius 2 is 1.92 bits per heavy atom. The Morgan fingerprint density at radius 1 is 1.14 bits per heavy atom. The van der Waals surface area contributed by atoms with Crippen LogP contribution in [0.5, 0.6) is 5.75 Å². The summed E-state index contributed by atoms with van der Waals surface area (Å²) < 4.78 is 31.3. The van der Waals surface area contributed by atoms with Crippen molar-refractivity contribution >= 4 is 50.2 Å². The number of sulfone groups is 1. The molecule has 2 heterocycles. The number of hydrogen-bond donors (Lipinski definition) is 3. The molecule has 0 aliphatic carbocycles. The molecule has 0 radical (unpaired) electrons. The molecule has 0 unspecified atom stereocenters. The highest BCUT2D eigenvalue weighted by atomic mass is 35.5. The summed E-state index contributed by atoms with van der Waals surface area (Å²) in [5.41, 5.74) is 4.66. The molecule has 0 saturated heterocycles. The highest BCUT2D eigenvalue weighted by Gasteiger charge is 2.23. The standard InChI is InChI=1S/C26H30ClN5O3S/c1-16(2)36(33,34)24-8-6-5-7-21(24)30-25-20(27)15-29-26(32-25)31-22-13-17(3)19(14-23(22)35-4)18-9-11-28-12-10-18/h5-9,13-16,28H,10-12H2,1-4H3,(H2,29,30,31,32). The molecule has 10 heteroatoms. The van der Waals surface area contributed by atoms with Gasteiger partial charge in [0, 0.05) is 6.54 Å². The van der Waals surface area contributed by atoms with Gasteiger partial charge in [-0.2, -0.15) is 4.98 Å². The maximum Gasteiger partial charge on any atom is 0.229 e. The lowest BCUT2D eigenvalue weighted by Crippen LogP contribution is -2.20. The lowest BCUT2D eigenvalue weighted by molar-refractivity contribution is 0.416. The summed E-state index contributed by atoms with van der Waals surface area (Å²) in [6.07, 6.45) is 4.63. The predicted octanol–water partition coefficient (Wildman–Crippen LogP) is 5.49. The summed E-state index contributed by atoms with van der Waals surface area (Å²) in [4.78, 5) is 9.00. The normalized spacial score (nSPS) is 13.9. The summed E-state index contributed by atoms with van der Waals surface area (Å²) in [5.74, 6) is 1.24. The van der Waals surface area contributed by atoms with Gasteiger partial charge in [0.15, 0.2) is 15.7 Å². The van der Waals surface area contributed by atoms with E-state index >= 15 is 0 Å². The van der Waals surface area contributed by atoms with Crippen molar-refractivity contribution in [3.63, 3.8) is 0 Å². The van der Waals surface area contributed by atoms with Gasteiger partial charge in [-0.05, 0) is 74.7 Å².